The molecule has 0 atom stereocenters. The van der Waals surface area contributed by atoms with Crippen molar-refractivity contribution in [2.45, 2.75) is 32.1 Å². The largest absolute Gasteiger partial charge is 0.342 e. The summed E-state index contributed by atoms with van der Waals surface area (Å²) >= 11 is 0. The third-order valence-electron chi connectivity index (χ3n) is 5.55. The monoisotopic (exact) mass is 386 g/mol. The minimum Gasteiger partial charge on any atom is -0.342 e. The van der Waals surface area contributed by atoms with Crippen molar-refractivity contribution in [2.75, 3.05) is 45.6 Å². The van der Waals surface area contributed by atoms with Crippen LogP contribution in [0.1, 0.15) is 31.2 Å². The summed E-state index contributed by atoms with van der Waals surface area (Å²) in [5.41, 5.74) is 1.71. The van der Waals surface area contributed by atoms with Crippen molar-refractivity contribution in [3.63, 3.8) is 0 Å². The average Bonchev–Trinajstić information content (AvgIpc) is 3.24. The predicted molar refractivity (Wildman–Crippen MR) is 108 cm³/mol. The summed E-state index contributed by atoms with van der Waals surface area (Å²) in [5, 5.41) is 2.97. The van der Waals surface area contributed by atoms with Gasteiger partial charge in [-0.1, -0.05) is 12.1 Å². The molecular weight excluding hydrogens is 356 g/mol. The lowest BCUT2D eigenvalue weighted by Crippen LogP contribution is -2.45. The van der Waals surface area contributed by atoms with Gasteiger partial charge >= 0.3 is 6.03 Å². The first-order chi connectivity index (χ1) is 13.4. The van der Waals surface area contributed by atoms with Crippen LogP contribution in [-0.4, -0.2) is 72.8 Å². The van der Waals surface area contributed by atoms with E-state index in [1.54, 1.807) is 23.9 Å². The molecule has 0 aromatic heterocycles. The number of nitrogens with one attached hydrogen (secondary N) is 1. The minimum absolute atomic E-state index is 0.00192. The number of anilines is 1. The Bertz CT molecular complexity index is 703. The minimum atomic E-state index is -0.0809. The van der Waals surface area contributed by atoms with Crippen molar-refractivity contribution < 1.29 is 14.4 Å². The van der Waals surface area contributed by atoms with Crippen LogP contribution in [0.15, 0.2) is 24.3 Å². The highest BCUT2D eigenvalue weighted by molar-refractivity contribution is 5.92. The normalized spacial score (nSPS) is 17.5. The molecule has 1 aromatic carbocycles. The van der Waals surface area contributed by atoms with Gasteiger partial charge < -0.3 is 20.0 Å². The van der Waals surface area contributed by atoms with Gasteiger partial charge in [-0.05, 0) is 43.4 Å². The van der Waals surface area contributed by atoms with Gasteiger partial charge in [0.25, 0.3) is 0 Å². The molecule has 0 unspecified atom stereocenters. The fourth-order valence-electron chi connectivity index (χ4n) is 3.82. The Kier molecular flexibility index (Phi) is 6.54. The summed E-state index contributed by atoms with van der Waals surface area (Å²) < 4.78 is 0. The number of hydrogen-bond donors (Lipinski definition) is 1. The summed E-state index contributed by atoms with van der Waals surface area (Å²) in [6.45, 7) is 2.94. The smallest absolute Gasteiger partial charge is 0.319 e. The van der Waals surface area contributed by atoms with Gasteiger partial charge in [0.1, 0.15) is 0 Å². The van der Waals surface area contributed by atoms with Crippen LogP contribution in [-0.2, 0) is 16.0 Å². The number of benzene rings is 1. The average molecular weight is 386 g/mol. The maximum Gasteiger partial charge on any atom is 0.319 e. The van der Waals surface area contributed by atoms with E-state index >= 15 is 0 Å². The van der Waals surface area contributed by atoms with Gasteiger partial charge in [-0.3, -0.25) is 9.59 Å². The molecule has 152 valence electrons. The third-order valence-corrected chi connectivity index (χ3v) is 5.55. The number of carbonyl (C=O) groups is 3. The van der Waals surface area contributed by atoms with Crippen LogP contribution in [0, 0.1) is 5.92 Å². The first kappa shape index (κ1) is 20.2. The number of hydrogen-bond acceptors (Lipinski definition) is 3. The zero-order chi connectivity index (χ0) is 20.1. The summed E-state index contributed by atoms with van der Waals surface area (Å²) in [6.07, 6.45) is 3.95. The summed E-state index contributed by atoms with van der Waals surface area (Å²) in [7, 11) is 3.48. The highest BCUT2D eigenvalue weighted by Crippen LogP contribution is 2.21. The molecule has 0 spiro atoms. The highest BCUT2D eigenvalue weighted by atomic mass is 16.2. The number of rotatable bonds is 4. The van der Waals surface area contributed by atoms with Crippen molar-refractivity contribution in [3.05, 3.63) is 29.8 Å². The molecule has 7 nitrogen and oxygen atoms in total. The van der Waals surface area contributed by atoms with E-state index in [0.717, 1.165) is 37.2 Å². The zero-order valence-electron chi connectivity index (χ0n) is 16.8. The molecule has 28 heavy (non-hydrogen) atoms. The fourth-order valence-corrected chi connectivity index (χ4v) is 3.82. The van der Waals surface area contributed by atoms with Gasteiger partial charge in [0, 0.05) is 51.9 Å². The van der Waals surface area contributed by atoms with Crippen LogP contribution < -0.4 is 5.32 Å². The molecule has 1 aromatic rings. The number of carbonyl (C=O) groups excluding carboxylic acids is 3. The van der Waals surface area contributed by atoms with Gasteiger partial charge in [0.15, 0.2) is 0 Å². The van der Waals surface area contributed by atoms with Gasteiger partial charge in [0.2, 0.25) is 11.8 Å². The lowest BCUT2D eigenvalue weighted by molar-refractivity contribution is -0.129. The highest BCUT2D eigenvalue weighted by Gasteiger charge is 2.28. The molecule has 2 fully saturated rings. The molecule has 0 aliphatic carbocycles. The van der Waals surface area contributed by atoms with E-state index in [0.29, 0.717) is 32.4 Å². The second kappa shape index (κ2) is 9.08. The molecule has 0 saturated carbocycles. The van der Waals surface area contributed by atoms with Gasteiger partial charge in [-0.2, -0.15) is 0 Å². The van der Waals surface area contributed by atoms with Crippen molar-refractivity contribution in [1.82, 2.24) is 14.7 Å². The van der Waals surface area contributed by atoms with Crippen LogP contribution in [0.3, 0.4) is 0 Å². The molecule has 0 bridgehead atoms. The van der Waals surface area contributed by atoms with Gasteiger partial charge in [-0.15, -0.1) is 0 Å². The first-order valence-corrected chi connectivity index (χ1v) is 10.1. The van der Waals surface area contributed by atoms with Gasteiger partial charge in [-0.25, -0.2) is 4.79 Å². The van der Waals surface area contributed by atoms with Crippen molar-refractivity contribution >= 4 is 23.5 Å². The SMILES string of the molecule is CN(C)C(=O)N1CCC(C(=O)Nc2ccc(CC(=O)N3CCCC3)cc2)CC1. The number of likely N-dealkylation sites (tertiary alicyclic amines) is 2. The summed E-state index contributed by atoms with van der Waals surface area (Å²) in [4.78, 5) is 42.0. The Balaban J connectivity index is 1.47. The zero-order valence-corrected chi connectivity index (χ0v) is 16.8. The maximum absolute atomic E-state index is 12.5. The number of urea groups is 1. The standard InChI is InChI=1S/C21H30N4O3/c1-23(2)21(28)25-13-9-17(10-14-25)20(27)22-18-7-5-16(6-8-18)15-19(26)24-11-3-4-12-24/h5-8,17H,3-4,9-15H2,1-2H3,(H,22,27). The Hall–Kier alpha value is -2.57. The topological polar surface area (TPSA) is 73.0 Å². The Morgan fingerprint density at radius 1 is 0.964 bits per heavy atom. The maximum atomic E-state index is 12.5. The van der Waals surface area contributed by atoms with E-state index in [1.165, 1.54) is 0 Å². The first-order valence-electron chi connectivity index (χ1n) is 10.1. The number of nitrogens with zero attached hydrogens (tertiary/aromatic N) is 3. The van der Waals surface area contributed by atoms with Crippen molar-refractivity contribution in [3.8, 4) is 0 Å². The molecule has 0 radical (unpaired) electrons. The van der Waals surface area contributed by atoms with Crippen molar-refractivity contribution in [1.29, 1.82) is 0 Å². The number of amides is 4. The molecule has 3 rings (SSSR count). The van der Waals surface area contributed by atoms with E-state index < -0.39 is 0 Å². The lowest BCUT2D eigenvalue weighted by atomic mass is 9.96. The molecule has 2 aliphatic heterocycles. The molecule has 7 heteroatoms. The van der Waals surface area contributed by atoms with E-state index in [1.807, 2.05) is 29.2 Å². The van der Waals surface area contributed by atoms with Crippen LogP contribution in [0.2, 0.25) is 0 Å². The Morgan fingerprint density at radius 2 is 1.57 bits per heavy atom. The molecule has 2 saturated heterocycles. The van der Waals surface area contributed by atoms with Crippen LogP contribution in [0.25, 0.3) is 0 Å². The second-order valence-electron chi connectivity index (χ2n) is 7.89. The Labute approximate surface area is 166 Å². The second-order valence-corrected chi connectivity index (χ2v) is 7.89. The molecular formula is C21H30N4O3. The molecule has 1 N–H and O–H groups in total. The predicted octanol–water partition coefficient (Wildman–Crippen LogP) is 2.18. The van der Waals surface area contributed by atoms with Gasteiger partial charge in [0.05, 0.1) is 6.42 Å². The quantitative estimate of drug-likeness (QED) is 0.862. The van der Waals surface area contributed by atoms with E-state index in [-0.39, 0.29) is 23.8 Å². The molecule has 2 aliphatic rings. The number of piperidine rings is 1. The molecule has 4 amide bonds. The van der Waals surface area contributed by atoms with E-state index in [4.69, 9.17) is 0 Å². The van der Waals surface area contributed by atoms with E-state index in [9.17, 15) is 14.4 Å². The molecule has 2 heterocycles. The van der Waals surface area contributed by atoms with Crippen LogP contribution >= 0.6 is 0 Å². The fraction of sp³-hybridized carbons (Fsp3) is 0.571. The summed E-state index contributed by atoms with van der Waals surface area (Å²) in [5.74, 6) is 0.0915. The Morgan fingerprint density at radius 3 is 2.14 bits per heavy atom. The third kappa shape index (κ3) is 5.03. The van der Waals surface area contributed by atoms with Crippen molar-refractivity contribution in [2.24, 2.45) is 5.92 Å². The summed E-state index contributed by atoms with van der Waals surface area (Å²) in [6, 6.07) is 7.52. The van der Waals surface area contributed by atoms with Crippen LogP contribution in [0.4, 0.5) is 10.5 Å². The van der Waals surface area contributed by atoms with E-state index in [2.05, 4.69) is 5.32 Å². The van der Waals surface area contributed by atoms with Crippen LogP contribution in [0.5, 0.6) is 0 Å². The lowest BCUT2D eigenvalue weighted by Gasteiger charge is -2.33.